The van der Waals surface area contributed by atoms with Crippen LogP contribution in [0.15, 0.2) is 182 Å². The smallest absolute Gasteiger partial charge is 0.409 e. The molecule has 65 heavy (non-hydrogen) atoms. The van der Waals surface area contributed by atoms with E-state index in [9.17, 15) is 4.79 Å². The van der Waals surface area contributed by atoms with E-state index in [1.165, 1.54) is 31.9 Å². The quantitative estimate of drug-likeness (QED) is 0.0772. The van der Waals surface area contributed by atoms with Gasteiger partial charge in [0, 0.05) is 52.4 Å². The van der Waals surface area contributed by atoms with E-state index in [0.29, 0.717) is 45.8 Å². The van der Waals surface area contributed by atoms with Gasteiger partial charge in [-0.05, 0) is 48.4 Å². The molecule has 1 fully saturated rings. The Balaban J connectivity index is 0.000000267. The molecule has 1 heterocycles. The molecule has 1 aliphatic heterocycles. The first-order chi connectivity index (χ1) is 31.4. The average molecular weight is 907 g/mol. The first kappa shape index (κ1) is 49.3. The second kappa shape index (κ2) is 23.4. The van der Waals surface area contributed by atoms with Crippen LogP contribution in [0.2, 0.25) is 10.1 Å². The summed E-state index contributed by atoms with van der Waals surface area (Å²) in [4.78, 5) is 17.3. The van der Waals surface area contributed by atoms with E-state index in [-0.39, 0.29) is 28.8 Å². The molecule has 0 spiro atoms. The van der Waals surface area contributed by atoms with Gasteiger partial charge in [0.15, 0.2) is 0 Å². The predicted octanol–water partition coefficient (Wildman–Crippen LogP) is 9.44. The molecule has 0 aliphatic carbocycles. The number of carbonyl (C=O) groups is 1. The molecule has 7 rings (SSSR count). The average Bonchev–Trinajstić information content (AvgIpc) is 3.33. The standard InChI is InChI=1S/C37H44N2O3Si.C19H26O2Si/c1-37(2,3)43(33-21-12-6-13-22-33,34-23-14-7-15-24-34)42-30-16-29-41-36(40)39-27-25-38(26-28-39)35(31-17-8-4-9-18-31)32-19-10-5-11-20-32;1-19(2,3)22(21-16-10-15-20,17-11-6-4-7-12-17)18-13-8-5-9-14-18/h4-15,17-24,35H,16,25-30H2,1-3H3;4-9,11-14,20H,10,15-16H2,1-3H3. The van der Waals surface area contributed by atoms with Crippen LogP contribution in [0.4, 0.5) is 4.79 Å². The molecule has 0 unspecified atom stereocenters. The highest BCUT2D eigenvalue weighted by atomic mass is 28.4. The Morgan fingerprint density at radius 2 is 0.815 bits per heavy atom. The minimum Gasteiger partial charge on any atom is -0.449 e. The van der Waals surface area contributed by atoms with Crippen LogP contribution in [0.3, 0.4) is 0 Å². The fourth-order valence-corrected chi connectivity index (χ4v) is 18.6. The van der Waals surface area contributed by atoms with E-state index in [2.05, 4.69) is 216 Å². The van der Waals surface area contributed by atoms with E-state index < -0.39 is 16.6 Å². The molecule has 7 nitrogen and oxygen atoms in total. The Labute approximate surface area is 391 Å². The number of hydrogen-bond donors (Lipinski definition) is 1. The van der Waals surface area contributed by atoms with E-state index in [4.69, 9.17) is 18.7 Å². The number of aliphatic hydroxyl groups is 1. The van der Waals surface area contributed by atoms with Gasteiger partial charge in [-0.3, -0.25) is 4.90 Å². The van der Waals surface area contributed by atoms with Crippen LogP contribution in [0.25, 0.3) is 0 Å². The number of ether oxygens (including phenoxy) is 1. The normalized spacial score (nSPS) is 13.8. The molecule has 9 heteroatoms. The number of nitrogens with zero attached hydrogens (tertiary/aromatic N) is 2. The van der Waals surface area contributed by atoms with E-state index in [0.717, 1.165) is 13.1 Å². The second-order valence-electron chi connectivity index (χ2n) is 18.8. The van der Waals surface area contributed by atoms with Crippen molar-refractivity contribution < 1.29 is 23.5 Å². The molecule has 342 valence electrons. The van der Waals surface area contributed by atoms with Crippen molar-refractivity contribution in [2.75, 3.05) is 52.6 Å². The van der Waals surface area contributed by atoms with Crippen molar-refractivity contribution in [3.63, 3.8) is 0 Å². The summed E-state index contributed by atoms with van der Waals surface area (Å²) in [5.41, 5.74) is 2.54. The Morgan fingerprint density at radius 1 is 0.492 bits per heavy atom. The molecular formula is C56H70N2O5Si2. The van der Waals surface area contributed by atoms with Gasteiger partial charge in [0.1, 0.15) is 0 Å². The highest BCUT2D eigenvalue weighted by Crippen LogP contribution is 2.38. The summed E-state index contributed by atoms with van der Waals surface area (Å²) in [6.45, 7) is 18.1. The maximum Gasteiger partial charge on any atom is 0.409 e. The molecule has 0 atom stereocenters. The van der Waals surface area contributed by atoms with Crippen molar-refractivity contribution >= 4 is 43.5 Å². The summed E-state index contributed by atoms with van der Waals surface area (Å²) in [5.74, 6) is 0. The molecule has 0 radical (unpaired) electrons. The lowest BCUT2D eigenvalue weighted by molar-refractivity contribution is 0.0656. The Hall–Kier alpha value is -5.14. The lowest BCUT2D eigenvalue weighted by Crippen LogP contribution is -2.66. The van der Waals surface area contributed by atoms with Crippen LogP contribution in [-0.4, -0.2) is 90.2 Å². The molecule has 1 saturated heterocycles. The number of aliphatic hydroxyl groups excluding tert-OH is 1. The minimum atomic E-state index is -2.59. The van der Waals surface area contributed by atoms with Crippen molar-refractivity contribution in [1.29, 1.82) is 0 Å². The molecule has 0 bridgehead atoms. The first-order valence-corrected chi connectivity index (χ1v) is 27.1. The number of piperazine rings is 1. The Morgan fingerprint density at radius 3 is 1.14 bits per heavy atom. The third-order valence-electron chi connectivity index (χ3n) is 12.5. The Bertz CT molecular complexity index is 2150. The molecule has 6 aromatic carbocycles. The largest absolute Gasteiger partial charge is 0.449 e. The van der Waals surface area contributed by atoms with Gasteiger partial charge in [-0.2, -0.15) is 0 Å². The van der Waals surface area contributed by atoms with Crippen LogP contribution >= 0.6 is 0 Å². The van der Waals surface area contributed by atoms with Crippen LogP contribution in [0.1, 0.15) is 71.6 Å². The van der Waals surface area contributed by atoms with E-state index >= 15 is 0 Å². The van der Waals surface area contributed by atoms with Gasteiger partial charge < -0.3 is 23.6 Å². The topological polar surface area (TPSA) is 71.5 Å². The van der Waals surface area contributed by atoms with Crippen LogP contribution in [0.5, 0.6) is 0 Å². The number of benzene rings is 6. The molecule has 1 N–H and O–H groups in total. The first-order valence-electron chi connectivity index (χ1n) is 23.3. The highest BCUT2D eigenvalue weighted by molar-refractivity contribution is 7.00. The third kappa shape index (κ3) is 12.0. The van der Waals surface area contributed by atoms with Crippen LogP contribution in [-0.2, 0) is 13.6 Å². The summed E-state index contributed by atoms with van der Waals surface area (Å²) < 4.78 is 19.3. The molecule has 0 aromatic heterocycles. The highest BCUT2D eigenvalue weighted by Gasteiger charge is 2.51. The second-order valence-corrected chi connectivity index (χ2v) is 27.4. The zero-order chi connectivity index (χ0) is 46.2. The van der Waals surface area contributed by atoms with Gasteiger partial charge in [-0.25, -0.2) is 4.79 Å². The number of rotatable bonds is 16. The van der Waals surface area contributed by atoms with Gasteiger partial charge in [0.25, 0.3) is 16.6 Å². The summed E-state index contributed by atoms with van der Waals surface area (Å²) in [6.07, 6.45) is 1.09. The lowest BCUT2D eigenvalue weighted by Gasteiger charge is -2.43. The third-order valence-corrected chi connectivity index (χ3v) is 22.5. The van der Waals surface area contributed by atoms with E-state index in [1.807, 2.05) is 17.0 Å². The van der Waals surface area contributed by atoms with Gasteiger partial charge >= 0.3 is 6.09 Å². The van der Waals surface area contributed by atoms with Crippen LogP contribution in [0, 0.1) is 0 Å². The van der Waals surface area contributed by atoms with Gasteiger partial charge in [0.05, 0.1) is 12.6 Å². The fraction of sp³-hybridized carbons (Fsp3) is 0.339. The van der Waals surface area contributed by atoms with Gasteiger partial charge in [-0.15, -0.1) is 0 Å². The molecule has 6 aromatic rings. The molecule has 0 saturated carbocycles. The number of carbonyl (C=O) groups excluding carboxylic acids is 1. The number of hydrogen-bond acceptors (Lipinski definition) is 6. The molecule has 1 aliphatic rings. The fourth-order valence-electron chi connectivity index (χ4n) is 9.40. The zero-order valence-electron chi connectivity index (χ0n) is 39.4. The monoisotopic (exact) mass is 906 g/mol. The van der Waals surface area contributed by atoms with Crippen molar-refractivity contribution in [3.8, 4) is 0 Å². The number of amides is 1. The van der Waals surface area contributed by atoms with Crippen molar-refractivity contribution in [1.82, 2.24) is 9.80 Å². The Kier molecular flexibility index (Phi) is 17.7. The predicted molar refractivity (Wildman–Crippen MR) is 273 cm³/mol. The van der Waals surface area contributed by atoms with Crippen LogP contribution < -0.4 is 20.7 Å². The van der Waals surface area contributed by atoms with Crippen molar-refractivity contribution in [2.45, 2.75) is 70.5 Å². The lowest BCUT2D eigenvalue weighted by atomic mass is 9.96. The SMILES string of the molecule is CC(C)(C)[Si](OCCCO)(c1ccccc1)c1ccccc1.CC(C)(C)[Si](OCCCOC(=O)N1CCN(C(c2ccccc2)c2ccccc2)CC1)(c1ccccc1)c1ccccc1. The van der Waals surface area contributed by atoms with Gasteiger partial charge in [0.2, 0.25) is 0 Å². The van der Waals surface area contributed by atoms with Crippen molar-refractivity contribution in [3.05, 3.63) is 193 Å². The van der Waals surface area contributed by atoms with E-state index in [1.54, 1.807) is 0 Å². The summed E-state index contributed by atoms with van der Waals surface area (Å²) >= 11 is 0. The molecular weight excluding hydrogens is 837 g/mol. The maximum absolute atomic E-state index is 13.0. The summed E-state index contributed by atoms with van der Waals surface area (Å²) in [7, 11) is -4.99. The summed E-state index contributed by atoms with van der Waals surface area (Å²) in [6, 6.07) is 63.9. The van der Waals surface area contributed by atoms with Crippen molar-refractivity contribution in [2.24, 2.45) is 0 Å². The minimum absolute atomic E-state index is 0.00512. The maximum atomic E-state index is 13.0. The van der Waals surface area contributed by atoms with Gasteiger partial charge in [-0.1, -0.05) is 224 Å². The summed E-state index contributed by atoms with van der Waals surface area (Å²) in [5, 5.41) is 14.2. The zero-order valence-corrected chi connectivity index (χ0v) is 41.4. The molecule has 1 amide bonds.